The van der Waals surface area contributed by atoms with Crippen LogP contribution in [0.1, 0.15) is 28.9 Å². The summed E-state index contributed by atoms with van der Waals surface area (Å²) in [6, 6.07) is 2.25. The van der Waals surface area contributed by atoms with E-state index in [2.05, 4.69) is 10.3 Å². The van der Waals surface area contributed by atoms with E-state index in [1.165, 1.54) is 6.20 Å². The Morgan fingerprint density at radius 2 is 2.29 bits per heavy atom. The SMILES string of the molecule is O=C(O)Cn1cc(C(=O)N(Cc2ccsc2)C2CC2)nn1. The fraction of sp³-hybridized carbons (Fsp3) is 0.385. The number of aromatic nitrogens is 3. The number of hydrogen-bond acceptors (Lipinski definition) is 5. The monoisotopic (exact) mass is 306 g/mol. The largest absolute Gasteiger partial charge is 0.480 e. The molecule has 0 bridgehead atoms. The Bertz CT molecular complexity index is 648. The minimum atomic E-state index is -1.02. The summed E-state index contributed by atoms with van der Waals surface area (Å²) in [5.74, 6) is -1.21. The summed E-state index contributed by atoms with van der Waals surface area (Å²) in [6.07, 6.45) is 3.39. The van der Waals surface area contributed by atoms with Crippen molar-refractivity contribution < 1.29 is 14.7 Å². The lowest BCUT2D eigenvalue weighted by molar-refractivity contribution is -0.137. The maximum Gasteiger partial charge on any atom is 0.325 e. The third kappa shape index (κ3) is 3.27. The number of carbonyl (C=O) groups excluding carboxylic acids is 1. The average molecular weight is 306 g/mol. The number of carboxylic acids is 1. The maximum absolute atomic E-state index is 12.5. The second-order valence-electron chi connectivity index (χ2n) is 4.99. The molecule has 1 amide bonds. The zero-order chi connectivity index (χ0) is 14.8. The minimum Gasteiger partial charge on any atom is -0.480 e. The van der Waals surface area contributed by atoms with Crippen LogP contribution in [0.15, 0.2) is 23.0 Å². The van der Waals surface area contributed by atoms with Crippen LogP contribution in [0.25, 0.3) is 0 Å². The summed E-state index contributed by atoms with van der Waals surface area (Å²) in [5, 5.41) is 20.2. The van der Waals surface area contributed by atoms with Gasteiger partial charge in [0, 0.05) is 12.6 Å². The molecule has 0 radical (unpaired) electrons. The van der Waals surface area contributed by atoms with Crippen molar-refractivity contribution in [3.63, 3.8) is 0 Å². The summed E-state index contributed by atoms with van der Waals surface area (Å²) in [4.78, 5) is 24.9. The van der Waals surface area contributed by atoms with Gasteiger partial charge in [-0.25, -0.2) is 4.68 Å². The number of nitrogens with zero attached hydrogens (tertiary/aromatic N) is 4. The molecule has 8 heteroatoms. The van der Waals surface area contributed by atoms with Crippen molar-refractivity contribution in [2.24, 2.45) is 0 Å². The molecule has 1 aliphatic rings. The predicted molar refractivity (Wildman–Crippen MR) is 74.9 cm³/mol. The molecule has 0 unspecified atom stereocenters. The van der Waals surface area contributed by atoms with Crippen LogP contribution in [-0.2, 0) is 17.9 Å². The highest BCUT2D eigenvalue weighted by atomic mass is 32.1. The molecule has 0 aromatic carbocycles. The van der Waals surface area contributed by atoms with Crippen molar-refractivity contribution in [2.75, 3.05) is 0 Å². The predicted octanol–water partition coefficient (Wildman–Crippen LogP) is 1.23. The number of thiophene rings is 1. The normalized spacial score (nSPS) is 14.1. The van der Waals surface area contributed by atoms with Crippen LogP contribution in [0.4, 0.5) is 0 Å². The molecule has 2 aromatic rings. The molecule has 3 rings (SSSR count). The lowest BCUT2D eigenvalue weighted by Gasteiger charge is -2.20. The van der Waals surface area contributed by atoms with Crippen LogP contribution >= 0.6 is 11.3 Å². The molecule has 2 aromatic heterocycles. The minimum absolute atomic E-state index is 0.193. The molecule has 0 spiro atoms. The smallest absolute Gasteiger partial charge is 0.325 e. The Kier molecular flexibility index (Phi) is 3.70. The Labute approximate surface area is 124 Å². The first kappa shape index (κ1) is 13.7. The van der Waals surface area contributed by atoms with Gasteiger partial charge in [-0.1, -0.05) is 5.21 Å². The van der Waals surface area contributed by atoms with E-state index < -0.39 is 5.97 Å². The molecular weight excluding hydrogens is 292 g/mol. The molecular formula is C13H14N4O3S. The number of amides is 1. The molecule has 1 N–H and O–H groups in total. The van der Waals surface area contributed by atoms with E-state index in [4.69, 9.17) is 5.11 Å². The van der Waals surface area contributed by atoms with Crippen molar-refractivity contribution in [2.45, 2.75) is 32.0 Å². The Morgan fingerprint density at radius 3 is 2.90 bits per heavy atom. The Hall–Kier alpha value is -2.22. The van der Waals surface area contributed by atoms with Crippen molar-refractivity contribution in [1.29, 1.82) is 0 Å². The lowest BCUT2D eigenvalue weighted by atomic mass is 10.3. The fourth-order valence-electron chi connectivity index (χ4n) is 2.09. The average Bonchev–Trinajstić information content (AvgIpc) is 2.96. The van der Waals surface area contributed by atoms with Crippen LogP contribution in [0.3, 0.4) is 0 Å². The first-order chi connectivity index (χ1) is 10.1. The van der Waals surface area contributed by atoms with Crippen molar-refractivity contribution >= 4 is 23.2 Å². The van der Waals surface area contributed by atoms with Gasteiger partial charge in [-0.3, -0.25) is 9.59 Å². The van der Waals surface area contributed by atoms with Crippen molar-refractivity contribution in [1.82, 2.24) is 19.9 Å². The second kappa shape index (κ2) is 5.65. The van der Waals surface area contributed by atoms with Crippen molar-refractivity contribution in [3.05, 3.63) is 34.3 Å². The zero-order valence-corrected chi connectivity index (χ0v) is 12.0. The van der Waals surface area contributed by atoms with Gasteiger partial charge in [-0.2, -0.15) is 11.3 Å². The highest BCUT2D eigenvalue weighted by Crippen LogP contribution is 2.29. The first-order valence-corrected chi connectivity index (χ1v) is 7.52. The van der Waals surface area contributed by atoms with Gasteiger partial charge < -0.3 is 10.0 Å². The second-order valence-corrected chi connectivity index (χ2v) is 5.77. The van der Waals surface area contributed by atoms with Gasteiger partial charge in [-0.15, -0.1) is 5.10 Å². The molecule has 21 heavy (non-hydrogen) atoms. The Balaban J connectivity index is 1.74. The van der Waals surface area contributed by atoms with Gasteiger partial charge in [0.25, 0.3) is 5.91 Å². The number of rotatable bonds is 6. The summed E-state index contributed by atoms with van der Waals surface area (Å²) in [7, 11) is 0. The highest BCUT2D eigenvalue weighted by Gasteiger charge is 2.34. The molecule has 1 saturated carbocycles. The molecule has 1 fully saturated rings. The molecule has 1 aliphatic carbocycles. The van der Waals surface area contributed by atoms with Crippen molar-refractivity contribution in [3.8, 4) is 0 Å². The van der Waals surface area contributed by atoms with E-state index in [0.29, 0.717) is 6.54 Å². The molecule has 7 nitrogen and oxygen atoms in total. The van der Waals surface area contributed by atoms with Gasteiger partial charge in [0.15, 0.2) is 5.69 Å². The molecule has 0 aliphatic heterocycles. The van der Waals surface area contributed by atoms with Crippen LogP contribution in [-0.4, -0.2) is 42.9 Å². The summed E-state index contributed by atoms with van der Waals surface area (Å²) in [5.41, 5.74) is 1.29. The van der Waals surface area contributed by atoms with E-state index in [0.717, 1.165) is 23.1 Å². The van der Waals surface area contributed by atoms with E-state index in [-0.39, 0.29) is 24.2 Å². The third-order valence-electron chi connectivity index (χ3n) is 3.24. The molecule has 2 heterocycles. The standard InChI is InChI=1S/C13H14N4O3S/c18-12(19)7-16-6-11(14-15-16)13(20)17(10-1-2-10)5-9-3-4-21-8-9/h3-4,6,8,10H,1-2,5,7H2,(H,18,19). The van der Waals surface area contributed by atoms with Crippen LogP contribution < -0.4 is 0 Å². The summed E-state index contributed by atoms with van der Waals surface area (Å²) < 4.78 is 1.16. The number of carbonyl (C=O) groups is 2. The van der Waals surface area contributed by atoms with Gasteiger partial charge in [0.1, 0.15) is 6.54 Å². The van der Waals surface area contributed by atoms with Gasteiger partial charge in [-0.05, 0) is 35.2 Å². The van der Waals surface area contributed by atoms with Crippen LogP contribution in [0.2, 0.25) is 0 Å². The molecule has 0 atom stereocenters. The number of hydrogen-bond donors (Lipinski definition) is 1. The fourth-order valence-corrected chi connectivity index (χ4v) is 2.75. The van der Waals surface area contributed by atoms with E-state index in [9.17, 15) is 9.59 Å². The van der Waals surface area contributed by atoms with Crippen LogP contribution in [0.5, 0.6) is 0 Å². The van der Waals surface area contributed by atoms with E-state index in [1.807, 2.05) is 16.8 Å². The third-order valence-corrected chi connectivity index (χ3v) is 3.97. The number of carboxylic acid groups (broad SMARTS) is 1. The quantitative estimate of drug-likeness (QED) is 0.867. The topological polar surface area (TPSA) is 88.3 Å². The van der Waals surface area contributed by atoms with E-state index >= 15 is 0 Å². The van der Waals surface area contributed by atoms with Gasteiger partial charge >= 0.3 is 5.97 Å². The lowest BCUT2D eigenvalue weighted by Crippen LogP contribution is -2.32. The van der Waals surface area contributed by atoms with E-state index in [1.54, 1.807) is 16.2 Å². The summed E-state index contributed by atoms with van der Waals surface area (Å²) in [6.45, 7) is 0.257. The first-order valence-electron chi connectivity index (χ1n) is 6.57. The maximum atomic E-state index is 12.5. The van der Waals surface area contributed by atoms with Crippen LogP contribution in [0, 0.1) is 0 Å². The summed E-state index contributed by atoms with van der Waals surface area (Å²) >= 11 is 1.60. The highest BCUT2D eigenvalue weighted by molar-refractivity contribution is 7.07. The van der Waals surface area contributed by atoms with Gasteiger partial charge in [0.05, 0.1) is 6.20 Å². The van der Waals surface area contributed by atoms with Gasteiger partial charge in [0.2, 0.25) is 0 Å². The zero-order valence-electron chi connectivity index (χ0n) is 11.2. The Morgan fingerprint density at radius 1 is 1.48 bits per heavy atom. The number of aliphatic carboxylic acids is 1. The molecule has 0 saturated heterocycles. The molecule has 110 valence electrons.